The summed E-state index contributed by atoms with van der Waals surface area (Å²) in [6, 6.07) is 2.40. The molecule has 0 bridgehead atoms. The van der Waals surface area contributed by atoms with Crippen molar-refractivity contribution in [1.29, 1.82) is 0 Å². The summed E-state index contributed by atoms with van der Waals surface area (Å²) in [5.41, 5.74) is 1.74. The van der Waals surface area contributed by atoms with E-state index in [9.17, 15) is 8.78 Å². The van der Waals surface area contributed by atoms with Crippen molar-refractivity contribution in [3.63, 3.8) is 0 Å². The largest absolute Gasteiger partial charge is 0.383 e. The number of rotatable bonds is 6. The molecule has 0 radical (unpaired) electrons. The van der Waals surface area contributed by atoms with Gasteiger partial charge in [0.1, 0.15) is 11.6 Å². The van der Waals surface area contributed by atoms with Gasteiger partial charge in [-0.25, -0.2) is 8.78 Å². The molecule has 4 nitrogen and oxygen atoms in total. The molecule has 1 aromatic carbocycles. The van der Waals surface area contributed by atoms with Crippen LogP contribution in [0, 0.1) is 18.6 Å². The maximum absolute atomic E-state index is 14.1. The Labute approximate surface area is 122 Å². The second-order valence-corrected chi connectivity index (χ2v) is 4.93. The molecule has 0 unspecified atom stereocenters. The van der Waals surface area contributed by atoms with Crippen molar-refractivity contribution < 1.29 is 13.5 Å². The Morgan fingerprint density at radius 1 is 1.29 bits per heavy atom. The summed E-state index contributed by atoms with van der Waals surface area (Å²) in [6.45, 7) is 3.31. The first-order chi connectivity index (χ1) is 10.0. The van der Waals surface area contributed by atoms with Crippen LogP contribution < -0.4 is 5.32 Å². The Kier molecular flexibility index (Phi) is 5.03. The zero-order valence-corrected chi connectivity index (χ0v) is 12.4. The fraction of sp³-hybridized carbons (Fsp3) is 0.400. The molecule has 2 aromatic rings. The summed E-state index contributed by atoms with van der Waals surface area (Å²) in [5, 5.41) is 7.43. The normalized spacial score (nSPS) is 11.1. The number of aryl methyl sites for hydroxylation is 2. The Bertz CT molecular complexity index is 626. The molecule has 1 N–H and O–H groups in total. The molecule has 0 amide bonds. The third kappa shape index (κ3) is 3.65. The maximum Gasteiger partial charge on any atom is 0.133 e. The number of hydrogen-bond acceptors (Lipinski definition) is 3. The van der Waals surface area contributed by atoms with E-state index >= 15 is 0 Å². The molecule has 1 heterocycles. The molecule has 0 spiro atoms. The van der Waals surface area contributed by atoms with Crippen LogP contribution in [-0.4, -0.2) is 30.0 Å². The first-order valence-corrected chi connectivity index (χ1v) is 6.71. The highest BCUT2D eigenvalue weighted by atomic mass is 19.1. The standard InChI is InChI=1S/C15H19F2N3O/c1-10-6-14(17)12(7-13(10)16)15-11(9-20(2)19-15)8-18-4-5-21-3/h6-7,9,18H,4-5,8H2,1-3H3. The monoisotopic (exact) mass is 295 g/mol. The highest BCUT2D eigenvalue weighted by Gasteiger charge is 2.16. The number of aromatic nitrogens is 2. The van der Waals surface area contributed by atoms with Gasteiger partial charge in [-0.1, -0.05) is 0 Å². The van der Waals surface area contributed by atoms with Gasteiger partial charge in [-0.05, 0) is 24.6 Å². The molecule has 0 saturated heterocycles. The van der Waals surface area contributed by atoms with E-state index in [0.717, 1.165) is 5.56 Å². The maximum atomic E-state index is 14.1. The second kappa shape index (κ2) is 6.78. The van der Waals surface area contributed by atoms with Gasteiger partial charge in [-0.2, -0.15) is 5.10 Å². The lowest BCUT2D eigenvalue weighted by Gasteiger charge is -2.07. The average Bonchev–Trinajstić information content (AvgIpc) is 2.80. The Balaban J connectivity index is 2.29. The fourth-order valence-electron chi connectivity index (χ4n) is 2.12. The SMILES string of the molecule is COCCNCc1cn(C)nc1-c1cc(F)c(C)cc1F. The summed E-state index contributed by atoms with van der Waals surface area (Å²) in [5.74, 6) is -0.902. The minimum Gasteiger partial charge on any atom is -0.383 e. The molecule has 21 heavy (non-hydrogen) atoms. The number of nitrogens with zero attached hydrogens (tertiary/aromatic N) is 2. The lowest BCUT2D eigenvalue weighted by molar-refractivity contribution is 0.199. The molecule has 0 aliphatic heterocycles. The molecule has 0 fully saturated rings. The van der Waals surface area contributed by atoms with Gasteiger partial charge in [-0.3, -0.25) is 4.68 Å². The second-order valence-electron chi connectivity index (χ2n) is 4.93. The van der Waals surface area contributed by atoms with Crippen LogP contribution in [0.5, 0.6) is 0 Å². The molecule has 1 aromatic heterocycles. The van der Waals surface area contributed by atoms with E-state index in [1.54, 1.807) is 25.0 Å². The first kappa shape index (κ1) is 15.6. The lowest BCUT2D eigenvalue weighted by atomic mass is 10.0. The van der Waals surface area contributed by atoms with E-state index in [1.165, 1.54) is 19.1 Å². The Morgan fingerprint density at radius 2 is 2.05 bits per heavy atom. The Hall–Kier alpha value is -1.79. The molecular weight excluding hydrogens is 276 g/mol. The molecule has 2 rings (SSSR count). The highest BCUT2D eigenvalue weighted by molar-refractivity contribution is 5.64. The molecular formula is C15H19F2N3O. The van der Waals surface area contributed by atoms with Crippen LogP contribution in [0.3, 0.4) is 0 Å². The fourth-order valence-corrected chi connectivity index (χ4v) is 2.12. The molecule has 0 aliphatic carbocycles. The molecule has 6 heteroatoms. The van der Waals surface area contributed by atoms with Crippen molar-refractivity contribution in [3.05, 3.63) is 41.1 Å². The summed E-state index contributed by atoms with van der Waals surface area (Å²) in [7, 11) is 3.38. The van der Waals surface area contributed by atoms with Crippen LogP contribution in [0.15, 0.2) is 18.3 Å². The van der Waals surface area contributed by atoms with E-state index in [1.807, 2.05) is 0 Å². The van der Waals surface area contributed by atoms with Crippen LogP contribution in [-0.2, 0) is 18.3 Å². The molecule has 0 atom stereocenters. The summed E-state index contributed by atoms with van der Waals surface area (Å²) >= 11 is 0. The van der Waals surface area contributed by atoms with E-state index in [0.29, 0.717) is 25.4 Å². The number of benzene rings is 1. The van der Waals surface area contributed by atoms with Crippen molar-refractivity contribution in [2.75, 3.05) is 20.3 Å². The van der Waals surface area contributed by atoms with Gasteiger partial charge < -0.3 is 10.1 Å². The van der Waals surface area contributed by atoms with Crippen LogP contribution >= 0.6 is 0 Å². The smallest absolute Gasteiger partial charge is 0.133 e. The molecule has 0 saturated carbocycles. The minimum absolute atomic E-state index is 0.183. The predicted molar refractivity (Wildman–Crippen MR) is 76.9 cm³/mol. The zero-order chi connectivity index (χ0) is 15.4. The van der Waals surface area contributed by atoms with Crippen LogP contribution in [0.2, 0.25) is 0 Å². The highest BCUT2D eigenvalue weighted by Crippen LogP contribution is 2.27. The number of hydrogen-bond donors (Lipinski definition) is 1. The Morgan fingerprint density at radius 3 is 2.76 bits per heavy atom. The number of ether oxygens (including phenoxy) is 1. The predicted octanol–water partition coefficient (Wildman–Crippen LogP) is 2.41. The zero-order valence-electron chi connectivity index (χ0n) is 12.4. The van der Waals surface area contributed by atoms with Gasteiger partial charge in [0, 0.05) is 44.6 Å². The van der Waals surface area contributed by atoms with Crippen molar-refractivity contribution >= 4 is 0 Å². The first-order valence-electron chi connectivity index (χ1n) is 6.71. The third-order valence-corrected chi connectivity index (χ3v) is 3.21. The third-order valence-electron chi connectivity index (χ3n) is 3.21. The molecule has 0 aliphatic rings. The van der Waals surface area contributed by atoms with E-state index < -0.39 is 11.6 Å². The van der Waals surface area contributed by atoms with Gasteiger partial charge in [0.05, 0.1) is 12.3 Å². The van der Waals surface area contributed by atoms with E-state index in [4.69, 9.17) is 4.74 Å². The van der Waals surface area contributed by atoms with Crippen molar-refractivity contribution in [1.82, 2.24) is 15.1 Å². The lowest BCUT2D eigenvalue weighted by Crippen LogP contribution is -2.18. The van der Waals surface area contributed by atoms with Crippen molar-refractivity contribution in [3.8, 4) is 11.3 Å². The molecule has 114 valence electrons. The van der Waals surface area contributed by atoms with Crippen molar-refractivity contribution in [2.45, 2.75) is 13.5 Å². The van der Waals surface area contributed by atoms with Crippen LogP contribution in [0.4, 0.5) is 8.78 Å². The quantitative estimate of drug-likeness (QED) is 0.832. The summed E-state index contributed by atoms with van der Waals surface area (Å²) in [4.78, 5) is 0. The van der Waals surface area contributed by atoms with Gasteiger partial charge in [0.25, 0.3) is 0 Å². The average molecular weight is 295 g/mol. The van der Waals surface area contributed by atoms with Crippen molar-refractivity contribution in [2.24, 2.45) is 7.05 Å². The number of halogens is 2. The van der Waals surface area contributed by atoms with Gasteiger partial charge >= 0.3 is 0 Å². The van der Waals surface area contributed by atoms with E-state index in [-0.39, 0.29) is 11.1 Å². The number of nitrogens with one attached hydrogen (secondary N) is 1. The summed E-state index contributed by atoms with van der Waals surface area (Å²) in [6.07, 6.45) is 1.80. The minimum atomic E-state index is -0.467. The van der Waals surface area contributed by atoms with E-state index in [2.05, 4.69) is 10.4 Å². The number of methoxy groups -OCH3 is 1. The van der Waals surface area contributed by atoms with Gasteiger partial charge in [0.2, 0.25) is 0 Å². The van der Waals surface area contributed by atoms with Gasteiger partial charge in [-0.15, -0.1) is 0 Å². The van der Waals surface area contributed by atoms with Crippen LogP contribution in [0.25, 0.3) is 11.3 Å². The van der Waals surface area contributed by atoms with Gasteiger partial charge in [0.15, 0.2) is 0 Å². The topological polar surface area (TPSA) is 39.1 Å². The van der Waals surface area contributed by atoms with Crippen LogP contribution in [0.1, 0.15) is 11.1 Å². The summed E-state index contributed by atoms with van der Waals surface area (Å²) < 4.78 is 34.3.